The highest BCUT2D eigenvalue weighted by molar-refractivity contribution is 7.92. The lowest BCUT2D eigenvalue weighted by Crippen LogP contribution is -2.44. The van der Waals surface area contributed by atoms with Crippen molar-refractivity contribution in [1.82, 2.24) is 10.2 Å². The number of carbonyl (C=O) groups is 2. The lowest BCUT2D eigenvalue weighted by atomic mass is 10.0. The topological polar surface area (TPSA) is 92.8 Å². The molecule has 29 heavy (non-hydrogen) atoms. The molecule has 0 radical (unpaired) electrons. The van der Waals surface area contributed by atoms with Gasteiger partial charge in [-0.05, 0) is 36.6 Å². The molecular weight excluding hydrogens is 392 g/mol. The number of hydrogen-bond acceptors (Lipinski definition) is 5. The number of amides is 2. The zero-order chi connectivity index (χ0) is 21.0. The Labute approximate surface area is 170 Å². The largest absolute Gasteiger partial charge is 0.493 e. The normalized spacial score (nSPS) is 15.3. The van der Waals surface area contributed by atoms with Gasteiger partial charge in [0, 0.05) is 20.1 Å². The van der Waals surface area contributed by atoms with E-state index in [2.05, 4.69) is 5.32 Å². The van der Waals surface area contributed by atoms with Crippen LogP contribution in [0.1, 0.15) is 30.1 Å². The Kier molecular flexibility index (Phi) is 6.42. The number of benzene rings is 2. The summed E-state index contributed by atoms with van der Waals surface area (Å²) >= 11 is 0. The molecule has 1 fully saturated rings. The molecule has 1 aliphatic heterocycles. The smallest absolute Gasteiger partial charge is 0.258 e. The van der Waals surface area contributed by atoms with E-state index in [9.17, 15) is 18.0 Å². The maximum absolute atomic E-state index is 13.3. The van der Waals surface area contributed by atoms with Gasteiger partial charge in [-0.1, -0.05) is 30.3 Å². The van der Waals surface area contributed by atoms with Crippen molar-refractivity contribution in [2.75, 3.05) is 32.5 Å². The lowest BCUT2D eigenvalue weighted by Gasteiger charge is -2.32. The number of nitrogens with zero attached hydrogens (tertiary/aromatic N) is 1. The number of likely N-dealkylation sites (tertiary alicyclic amines) is 1. The van der Waals surface area contributed by atoms with Gasteiger partial charge in [-0.3, -0.25) is 9.59 Å². The fourth-order valence-corrected chi connectivity index (χ4v) is 5.37. The van der Waals surface area contributed by atoms with Crippen LogP contribution in [-0.2, 0) is 14.6 Å². The van der Waals surface area contributed by atoms with Crippen LogP contribution < -0.4 is 10.1 Å². The maximum Gasteiger partial charge on any atom is 0.258 e. The molecule has 156 valence electrons. The molecule has 1 N–H and O–H groups in total. The first-order valence-corrected chi connectivity index (χ1v) is 11.4. The maximum atomic E-state index is 13.3. The number of piperidine rings is 1. The van der Waals surface area contributed by atoms with Gasteiger partial charge in [0.1, 0.15) is 11.5 Å². The Morgan fingerprint density at radius 3 is 2.48 bits per heavy atom. The Morgan fingerprint density at radius 2 is 1.83 bits per heavy atom. The fourth-order valence-electron chi connectivity index (χ4n) is 3.70. The van der Waals surface area contributed by atoms with Crippen molar-refractivity contribution in [1.29, 1.82) is 0 Å². The minimum Gasteiger partial charge on any atom is -0.493 e. The van der Waals surface area contributed by atoms with Gasteiger partial charge in [0.2, 0.25) is 5.91 Å². The molecular formula is C21H26N2O5S. The van der Waals surface area contributed by atoms with Gasteiger partial charge < -0.3 is 15.0 Å². The van der Waals surface area contributed by atoms with Gasteiger partial charge in [0.15, 0.2) is 9.84 Å². The second-order valence-corrected chi connectivity index (χ2v) is 9.35. The summed E-state index contributed by atoms with van der Waals surface area (Å²) in [6, 6.07) is 11.4. The average molecular weight is 419 g/mol. The van der Waals surface area contributed by atoms with Crippen LogP contribution in [0.3, 0.4) is 0 Å². The van der Waals surface area contributed by atoms with Crippen LogP contribution in [0.15, 0.2) is 36.4 Å². The molecule has 0 aromatic heterocycles. The Balaban J connectivity index is 1.81. The van der Waals surface area contributed by atoms with Gasteiger partial charge >= 0.3 is 0 Å². The summed E-state index contributed by atoms with van der Waals surface area (Å²) in [6.07, 6.45) is 0.638. The lowest BCUT2D eigenvalue weighted by molar-refractivity contribution is -0.118. The summed E-state index contributed by atoms with van der Waals surface area (Å²) in [4.78, 5) is 26.5. The van der Waals surface area contributed by atoms with E-state index in [1.54, 1.807) is 11.0 Å². The Bertz CT molecular complexity index is 1010. The SMILES string of the molecule is CCOc1ccc2ccccc2c1C(=O)N1CCC(S(=O)(=O)CC(=O)NC)CC1. The van der Waals surface area contributed by atoms with E-state index in [4.69, 9.17) is 4.74 Å². The van der Waals surface area contributed by atoms with Crippen molar-refractivity contribution in [2.24, 2.45) is 0 Å². The molecule has 0 saturated carbocycles. The quantitative estimate of drug-likeness (QED) is 0.775. The van der Waals surface area contributed by atoms with Crippen molar-refractivity contribution in [3.8, 4) is 5.75 Å². The third-order valence-electron chi connectivity index (χ3n) is 5.25. The first kappa shape index (κ1) is 21.1. The number of nitrogens with one attached hydrogen (secondary N) is 1. The van der Waals surface area contributed by atoms with Gasteiger partial charge in [-0.15, -0.1) is 0 Å². The molecule has 0 atom stereocenters. The predicted octanol–water partition coefficient (Wildman–Crippen LogP) is 2.00. The summed E-state index contributed by atoms with van der Waals surface area (Å²) in [5, 5.41) is 3.50. The first-order chi connectivity index (χ1) is 13.9. The highest BCUT2D eigenvalue weighted by Crippen LogP contribution is 2.31. The third kappa shape index (κ3) is 4.53. The number of carbonyl (C=O) groups excluding carboxylic acids is 2. The Morgan fingerprint density at radius 1 is 1.14 bits per heavy atom. The van der Waals surface area contributed by atoms with Crippen LogP contribution in [0.4, 0.5) is 0 Å². The van der Waals surface area contributed by atoms with Crippen LogP contribution in [0, 0.1) is 0 Å². The summed E-state index contributed by atoms with van der Waals surface area (Å²) < 4.78 is 30.6. The van der Waals surface area contributed by atoms with E-state index >= 15 is 0 Å². The second kappa shape index (κ2) is 8.82. The number of rotatable bonds is 6. The highest BCUT2D eigenvalue weighted by Gasteiger charge is 2.34. The van der Waals surface area contributed by atoms with Crippen LogP contribution in [0.25, 0.3) is 10.8 Å². The van der Waals surface area contributed by atoms with Crippen molar-refractivity contribution in [3.63, 3.8) is 0 Å². The fraction of sp³-hybridized carbons (Fsp3) is 0.429. The molecule has 2 amide bonds. The molecule has 0 unspecified atom stereocenters. The van der Waals surface area contributed by atoms with Gasteiger partial charge in [0.05, 0.1) is 17.4 Å². The molecule has 1 aliphatic rings. The third-order valence-corrected chi connectivity index (χ3v) is 7.40. The molecule has 8 heteroatoms. The molecule has 0 spiro atoms. The van der Waals surface area contributed by atoms with Crippen LogP contribution in [0.2, 0.25) is 0 Å². The van der Waals surface area contributed by atoms with Crippen molar-refractivity contribution in [2.45, 2.75) is 25.0 Å². The summed E-state index contributed by atoms with van der Waals surface area (Å²) in [7, 11) is -2.12. The minimum absolute atomic E-state index is 0.160. The number of hydrogen-bond donors (Lipinski definition) is 1. The van der Waals surface area contributed by atoms with E-state index in [0.29, 0.717) is 43.9 Å². The molecule has 0 aliphatic carbocycles. The van der Waals surface area contributed by atoms with E-state index in [1.807, 2.05) is 37.3 Å². The molecule has 2 aromatic carbocycles. The number of ether oxygens (including phenoxy) is 1. The summed E-state index contributed by atoms with van der Waals surface area (Å²) in [5.41, 5.74) is 0.511. The molecule has 3 rings (SSSR count). The first-order valence-electron chi connectivity index (χ1n) is 9.73. The highest BCUT2D eigenvalue weighted by atomic mass is 32.2. The van der Waals surface area contributed by atoms with Gasteiger partial charge in [0.25, 0.3) is 5.91 Å². The molecule has 1 saturated heterocycles. The zero-order valence-corrected chi connectivity index (χ0v) is 17.5. The zero-order valence-electron chi connectivity index (χ0n) is 16.7. The molecule has 1 heterocycles. The molecule has 7 nitrogen and oxygen atoms in total. The average Bonchev–Trinajstić information content (AvgIpc) is 2.73. The van der Waals surface area contributed by atoms with Crippen LogP contribution in [-0.4, -0.2) is 62.9 Å². The van der Waals surface area contributed by atoms with Crippen molar-refractivity contribution < 1.29 is 22.7 Å². The summed E-state index contributed by atoms with van der Waals surface area (Å²) in [6.45, 7) is 2.96. The molecule has 0 bridgehead atoms. The van der Waals surface area contributed by atoms with E-state index < -0.39 is 26.7 Å². The predicted molar refractivity (Wildman–Crippen MR) is 112 cm³/mol. The van der Waals surface area contributed by atoms with Crippen LogP contribution in [0.5, 0.6) is 5.75 Å². The van der Waals surface area contributed by atoms with E-state index in [1.165, 1.54) is 7.05 Å². The van der Waals surface area contributed by atoms with Crippen molar-refractivity contribution in [3.05, 3.63) is 42.0 Å². The van der Waals surface area contributed by atoms with E-state index in [-0.39, 0.29) is 5.91 Å². The second-order valence-electron chi connectivity index (χ2n) is 7.06. The van der Waals surface area contributed by atoms with E-state index in [0.717, 1.165) is 10.8 Å². The minimum atomic E-state index is -3.53. The molecule has 2 aromatic rings. The summed E-state index contributed by atoms with van der Waals surface area (Å²) in [5.74, 6) is -0.654. The standard InChI is InChI=1S/C21H26N2O5S/c1-3-28-18-9-8-15-6-4-5-7-17(15)20(18)21(25)23-12-10-16(11-13-23)29(26,27)14-19(24)22-2/h4-9,16H,3,10-14H2,1-2H3,(H,22,24). The Hall–Kier alpha value is -2.61. The van der Waals surface area contributed by atoms with Crippen molar-refractivity contribution >= 4 is 32.4 Å². The number of fused-ring (bicyclic) bond motifs is 1. The van der Waals surface area contributed by atoms with Gasteiger partial charge in [-0.25, -0.2) is 8.42 Å². The monoisotopic (exact) mass is 418 g/mol. The van der Waals surface area contributed by atoms with Gasteiger partial charge in [-0.2, -0.15) is 0 Å². The van der Waals surface area contributed by atoms with Crippen LogP contribution >= 0.6 is 0 Å². The number of sulfone groups is 1.